The molecule has 1 unspecified atom stereocenters. The number of rotatable bonds is 3. The van der Waals surface area contributed by atoms with E-state index in [0.29, 0.717) is 12.0 Å². The molecular weight excluding hydrogens is 220 g/mol. The van der Waals surface area contributed by atoms with Crippen molar-refractivity contribution in [3.63, 3.8) is 0 Å². The predicted octanol–water partition coefficient (Wildman–Crippen LogP) is 0.870. The van der Waals surface area contributed by atoms with Crippen molar-refractivity contribution in [2.45, 2.75) is 18.8 Å². The predicted molar refractivity (Wildman–Crippen MR) is 51.4 cm³/mol. The van der Waals surface area contributed by atoms with Gasteiger partial charge < -0.3 is 20.3 Å². The van der Waals surface area contributed by atoms with Crippen molar-refractivity contribution in [3.8, 4) is 11.5 Å². The van der Waals surface area contributed by atoms with Gasteiger partial charge in [0.2, 0.25) is 0 Å². The lowest BCUT2D eigenvalue weighted by Crippen LogP contribution is -2.26. The molecule has 2 rings (SSSR count). The van der Waals surface area contributed by atoms with Gasteiger partial charge in [0, 0.05) is 6.04 Å². The van der Waals surface area contributed by atoms with E-state index in [1.54, 1.807) is 6.07 Å². The Bertz CT molecular complexity index is 398. The van der Waals surface area contributed by atoms with E-state index in [1.165, 1.54) is 12.1 Å². The first kappa shape index (κ1) is 11.1. The van der Waals surface area contributed by atoms with Gasteiger partial charge in [-0.3, -0.25) is 0 Å². The lowest BCUT2D eigenvalue weighted by Gasteiger charge is -2.08. The second-order valence-corrected chi connectivity index (χ2v) is 3.60. The molecule has 0 amide bonds. The summed E-state index contributed by atoms with van der Waals surface area (Å²) in [5.41, 5.74) is 6.24. The van der Waals surface area contributed by atoms with E-state index in [0.717, 1.165) is 0 Å². The Kier molecular flexibility index (Phi) is 2.69. The van der Waals surface area contributed by atoms with Crippen molar-refractivity contribution in [3.05, 3.63) is 23.8 Å². The fraction of sp³-hybridized carbons (Fsp3) is 0.400. The molecule has 6 heteroatoms. The summed E-state index contributed by atoms with van der Waals surface area (Å²) >= 11 is 0. The van der Waals surface area contributed by atoms with E-state index in [2.05, 4.69) is 9.47 Å². The zero-order valence-electron chi connectivity index (χ0n) is 8.32. The second-order valence-electron chi connectivity index (χ2n) is 3.60. The minimum atomic E-state index is -3.60. The first-order valence-corrected chi connectivity index (χ1v) is 4.75. The van der Waals surface area contributed by atoms with E-state index >= 15 is 0 Å². The molecule has 1 aromatic rings. The maximum Gasteiger partial charge on any atom is 0.586 e. The second kappa shape index (κ2) is 3.88. The number of nitrogens with two attached hydrogens (primary N) is 1. The van der Waals surface area contributed by atoms with Gasteiger partial charge in [0.25, 0.3) is 0 Å². The number of benzene rings is 1. The molecule has 1 heterocycles. The average Bonchev–Trinajstić information content (AvgIpc) is 2.51. The highest BCUT2D eigenvalue weighted by Gasteiger charge is 2.43. The third kappa shape index (κ3) is 2.23. The van der Waals surface area contributed by atoms with Gasteiger partial charge in [0.1, 0.15) is 0 Å². The van der Waals surface area contributed by atoms with Gasteiger partial charge in [-0.1, -0.05) is 6.07 Å². The zero-order valence-corrected chi connectivity index (χ0v) is 8.32. The molecule has 1 aliphatic rings. The van der Waals surface area contributed by atoms with Crippen LogP contribution in [-0.2, 0) is 6.42 Å². The van der Waals surface area contributed by atoms with E-state index in [4.69, 9.17) is 10.8 Å². The Balaban J connectivity index is 2.16. The highest BCUT2D eigenvalue weighted by molar-refractivity contribution is 5.45. The summed E-state index contributed by atoms with van der Waals surface area (Å²) in [5.74, 6) is -0.000963. The normalized spacial score (nSPS) is 18.5. The molecule has 0 aliphatic carbocycles. The molecular formula is C10H11F2NO3. The van der Waals surface area contributed by atoms with Crippen LogP contribution in [0.4, 0.5) is 8.78 Å². The first-order chi connectivity index (χ1) is 7.50. The van der Waals surface area contributed by atoms with Gasteiger partial charge >= 0.3 is 6.29 Å². The van der Waals surface area contributed by atoms with Crippen LogP contribution >= 0.6 is 0 Å². The van der Waals surface area contributed by atoms with Gasteiger partial charge in [0.15, 0.2) is 11.5 Å². The SMILES string of the molecule is NC(CO)Cc1ccc2c(c1)OC(F)(F)O2. The molecule has 0 bridgehead atoms. The van der Waals surface area contributed by atoms with E-state index in [-0.39, 0.29) is 18.1 Å². The number of aliphatic hydroxyl groups excluding tert-OH is 1. The van der Waals surface area contributed by atoms with Crippen LogP contribution in [0.2, 0.25) is 0 Å². The van der Waals surface area contributed by atoms with Crippen LogP contribution in [0.5, 0.6) is 11.5 Å². The van der Waals surface area contributed by atoms with Crippen LogP contribution in [0.15, 0.2) is 18.2 Å². The highest BCUT2D eigenvalue weighted by Crippen LogP contribution is 2.41. The van der Waals surface area contributed by atoms with Crippen molar-refractivity contribution < 1.29 is 23.4 Å². The van der Waals surface area contributed by atoms with Crippen molar-refractivity contribution in [2.75, 3.05) is 6.61 Å². The first-order valence-electron chi connectivity index (χ1n) is 4.75. The quantitative estimate of drug-likeness (QED) is 0.810. The molecule has 1 atom stereocenters. The van der Waals surface area contributed by atoms with Crippen molar-refractivity contribution in [1.82, 2.24) is 0 Å². The Morgan fingerprint density at radius 2 is 2.00 bits per heavy atom. The fourth-order valence-electron chi connectivity index (χ4n) is 1.49. The van der Waals surface area contributed by atoms with Crippen LogP contribution in [0.3, 0.4) is 0 Å². The number of alkyl halides is 2. The summed E-state index contributed by atoms with van der Waals surface area (Å²) in [4.78, 5) is 0. The summed E-state index contributed by atoms with van der Waals surface area (Å²) in [5, 5.41) is 8.77. The van der Waals surface area contributed by atoms with Crippen LogP contribution in [0.25, 0.3) is 0 Å². The summed E-state index contributed by atoms with van der Waals surface area (Å²) in [6.45, 7) is -0.162. The number of hydrogen-bond acceptors (Lipinski definition) is 4. The molecule has 16 heavy (non-hydrogen) atoms. The molecule has 0 spiro atoms. The van der Waals surface area contributed by atoms with Gasteiger partial charge in [-0.25, -0.2) is 0 Å². The lowest BCUT2D eigenvalue weighted by atomic mass is 10.1. The smallest absolute Gasteiger partial charge is 0.395 e. The van der Waals surface area contributed by atoms with Gasteiger partial charge in [-0.2, -0.15) is 0 Å². The number of ether oxygens (including phenoxy) is 2. The Morgan fingerprint density at radius 3 is 2.69 bits per heavy atom. The molecule has 4 nitrogen and oxygen atoms in total. The zero-order chi connectivity index (χ0) is 11.8. The van der Waals surface area contributed by atoms with Crippen LogP contribution in [-0.4, -0.2) is 24.0 Å². The van der Waals surface area contributed by atoms with Crippen molar-refractivity contribution in [1.29, 1.82) is 0 Å². The largest absolute Gasteiger partial charge is 0.586 e. The maximum absolute atomic E-state index is 12.7. The van der Waals surface area contributed by atoms with Crippen molar-refractivity contribution in [2.24, 2.45) is 5.73 Å². The molecule has 1 aliphatic heterocycles. The molecule has 0 aromatic heterocycles. The molecule has 0 saturated carbocycles. The lowest BCUT2D eigenvalue weighted by molar-refractivity contribution is -0.286. The van der Waals surface area contributed by atoms with E-state index < -0.39 is 12.3 Å². The Labute approximate surface area is 90.6 Å². The Hall–Kier alpha value is -1.40. The number of halogens is 2. The van der Waals surface area contributed by atoms with Gasteiger partial charge in [-0.05, 0) is 24.1 Å². The van der Waals surface area contributed by atoms with Crippen molar-refractivity contribution >= 4 is 0 Å². The van der Waals surface area contributed by atoms with E-state index in [9.17, 15) is 8.78 Å². The van der Waals surface area contributed by atoms with Crippen LogP contribution < -0.4 is 15.2 Å². The standard InChI is InChI=1S/C10H11F2NO3/c11-10(12)15-8-2-1-6(3-7(13)5-14)4-9(8)16-10/h1-2,4,7,14H,3,5,13H2. The molecule has 1 aromatic carbocycles. The summed E-state index contributed by atoms with van der Waals surface area (Å²) < 4.78 is 33.9. The summed E-state index contributed by atoms with van der Waals surface area (Å²) in [6.07, 6.45) is -3.21. The molecule has 88 valence electrons. The Morgan fingerprint density at radius 1 is 1.31 bits per heavy atom. The number of fused-ring (bicyclic) bond motifs is 1. The maximum atomic E-state index is 12.7. The van der Waals surface area contributed by atoms with Crippen LogP contribution in [0, 0.1) is 0 Å². The monoisotopic (exact) mass is 231 g/mol. The number of hydrogen-bond donors (Lipinski definition) is 2. The summed E-state index contributed by atoms with van der Waals surface area (Å²) in [6, 6.07) is 4.03. The van der Waals surface area contributed by atoms with Crippen LogP contribution in [0.1, 0.15) is 5.56 Å². The molecule has 0 saturated heterocycles. The minimum absolute atomic E-state index is 0.00585. The molecule has 3 N–H and O–H groups in total. The third-order valence-electron chi connectivity index (χ3n) is 2.20. The minimum Gasteiger partial charge on any atom is -0.395 e. The van der Waals surface area contributed by atoms with Gasteiger partial charge in [0.05, 0.1) is 6.61 Å². The highest BCUT2D eigenvalue weighted by atomic mass is 19.3. The summed E-state index contributed by atoms with van der Waals surface area (Å²) in [7, 11) is 0. The molecule has 0 fully saturated rings. The topological polar surface area (TPSA) is 64.7 Å². The fourth-order valence-corrected chi connectivity index (χ4v) is 1.49. The van der Waals surface area contributed by atoms with Gasteiger partial charge in [-0.15, -0.1) is 8.78 Å². The molecule has 0 radical (unpaired) electrons. The third-order valence-corrected chi connectivity index (χ3v) is 2.20. The average molecular weight is 231 g/mol. The van der Waals surface area contributed by atoms with E-state index in [1.807, 2.05) is 0 Å². The number of aliphatic hydroxyl groups is 1.